The maximum absolute atomic E-state index is 12.4. The first-order chi connectivity index (χ1) is 14.6. The topological polar surface area (TPSA) is 129 Å². The molecule has 0 aliphatic carbocycles. The summed E-state index contributed by atoms with van der Waals surface area (Å²) in [6, 6.07) is 1.00. The van der Waals surface area contributed by atoms with Gasteiger partial charge in [0.2, 0.25) is 11.7 Å². The minimum absolute atomic E-state index is 0. The number of urea groups is 1. The minimum Gasteiger partial charge on any atom is -0.548 e. The summed E-state index contributed by atoms with van der Waals surface area (Å²) in [6.45, 7) is 3.47. The zero-order valence-electron chi connectivity index (χ0n) is 18.8. The van der Waals surface area contributed by atoms with E-state index in [1.54, 1.807) is 32.1 Å². The van der Waals surface area contributed by atoms with Gasteiger partial charge in [0.05, 0.1) is 33.3 Å². The van der Waals surface area contributed by atoms with Crippen molar-refractivity contribution in [1.29, 1.82) is 0 Å². The molecule has 2 saturated heterocycles. The van der Waals surface area contributed by atoms with E-state index in [-0.39, 0.29) is 29.6 Å². The summed E-state index contributed by atoms with van der Waals surface area (Å²) in [5, 5.41) is 16.1. The third-order valence-electron chi connectivity index (χ3n) is 5.13. The van der Waals surface area contributed by atoms with E-state index in [0.717, 1.165) is 0 Å². The second kappa shape index (κ2) is 10.2. The fraction of sp³-hybridized carbons (Fsp3) is 0.450. The SMILES string of the molecule is COc1cc(/C=C/NC(=O)NC2C(=O)N3C2SC(C)(C)[C@@H]3C(=O)[O-])cc(OC)c1OC.[Na+]. The third-order valence-corrected chi connectivity index (χ3v) is 6.70. The van der Waals surface area contributed by atoms with Crippen LogP contribution in [0.1, 0.15) is 19.4 Å². The average Bonchev–Trinajstić information content (AvgIpc) is 2.99. The van der Waals surface area contributed by atoms with Crippen molar-refractivity contribution < 1.29 is 63.3 Å². The molecule has 2 aliphatic heterocycles. The molecule has 2 unspecified atom stereocenters. The number of thioether (sulfide) groups is 1. The molecule has 0 spiro atoms. The molecular formula is C20H24N3NaO7S. The summed E-state index contributed by atoms with van der Waals surface area (Å²) in [4.78, 5) is 37.3. The molecule has 3 atom stereocenters. The van der Waals surface area contributed by atoms with Crippen LogP contribution in [0.3, 0.4) is 0 Å². The Kier molecular flexibility index (Phi) is 8.38. The van der Waals surface area contributed by atoms with Crippen LogP contribution in [0.2, 0.25) is 0 Å². The zero-order valence-corrected chi connectivity index (χ0v) is 21.6. The largest absolute Gasteiger partial charge is 1.00 e. The molecule has 12 heteroatoms. The van der Waals surface area contributed by atoms with Crippen molar-refractivity contribution >= 4 is 35.7 Å². The fourth-order valence-corrected chi connectivity index (χ4v) is 5.34. The van der Waals surface area contributed by atoms with Crippen molar-refractivity contribution in [2.75, 3.05) is 21.3 Å². The number of carbonyl (C=O) groups excluding carboxylic acids is 3. The maximum atomic E-state index is 12.4. The number of aliphatic carboxylic acids is 1. The molecule has 1 aromatic carbocycles. The van der Waals surface area contributed by atoms with Crippen LogP contribution in [-0.2, 0) is 9.59 Å². The van der Waals surface area contributed by atoms with Gasteiger partial charge >= 0.3 is 35.6 Å². The summed E-state index contributed by atoms with van der Waals surface area (Å²) in [5.74, 6) is -0.359. The number of carbonyl (C=O) groups is 3. The van der Waals surface area contributed by atoms with Crippen LogP contribution in [-0.4, -0.2) is 66.3 Å². The van der Waals surface area contributed by atoms with Gasteiger partial charge in [0.15, 0.2) is 11.5 Å². The van der Waals surface area contributed by atoms with Crippen molar-refractivity contribution in [2.45, 2.75) is 36.1 Å². The second-order valence-electron chi connectivity index (χ2n) is 7.47. The number of nitrogens with zero attached hydrogens (tertiary/aromatic N) is 1. The third kappa shape index (κ3) is 4.80. The Balaban J connectivity index is 0.00000363. The van der Waals surface area contributed by atoms with E-state index in [2.05, 4.69) is 10.6 Å². The molecule has 10 nitrogen and oxygen atoms in total. The molecule has 32 heavy (non-hydrogen) atoms. The van der Waals surface area contributed by atoms with Crippen LogP contribution in [0.15, 0.2) is 18.3 Å². The van der Waals surface area contributed by atoms with E-state index >= 15 is 0 Å². The number of benzene rings is 1. The predicted octanol–water partition coefficient (Wildman–Crippen LogP) is -2.83. The molecule has 2 heterocycles. The number of ether oxygens (including phenoxy) is 3. The van der Waals surface area contributed by atoms with Crippen LogP contribution < -0.4 is 59.5 Å². The first kappa shape index (κ1) is 26.2. The van der Waals surface area contributed by atoms with Gasteiger partial charge < -0.3 is 39.6 Å². The van der Waals surface area contributed by atoms with Gasteiger partial charge in [0, 0.05) is 10.9 Å². The van der Waals surface area contributed by atoms with Gasteiger partial charge in [0.1, 0.15) is 11.4 Å². The number of β-lactam (4-membered cyclic amide) rings is 1. The fourth-order valence-electron chi connectivity index (χ4n) is 3.72. The molecule has 3 amide bonds. The van der Waals surface area contributed by atoms with Crippen molar-refractivity contribution in [3.05, 3.63) is 23.9 Å². The van der Waals surface area contributed by atoms with Gasteiger partial charge in [0.25, 0.3) is 0 Å². The molecule has 0 bridgehead atoms. The monoisotopic (exact) mass is 473 g/mol. The zero-order chi connectivity index (χ0) is 22.9. The van der Waals surface area contributed by atoms with Gasteiger partial charge in [-0.25, -0.2) is 4.79 Å². The van der Waals surface area contributed by atoms with Gasteiger partial charge in [-0.15, -0.1) is 11.8 Å². The number of hydrogen-bond acceptors (Lipinski definition) is 8. The number of nitrogens with one attached hydrogen (secondary N) is 2. The Morgan fingerprint density at radius 1 is 1.16 bits per heavy atom. The number of amides is 3. The summed E-state index contributed by atoms with van der Waals surface area (Å²) in [7, 11) is 4.51. The van der Waals surface area contributed by atoms with Crippen molar-refractivity contribution in [3.63, 3.8) is 0 Å². The van der Waals surface area contributed by atoms with Gasteiger partial charge in [-0.1, -0.05) is 0 Å². The molecule has 0 aromatic heterocycles. The molecule has 2 fully saturated rings. The van der Waals surface area contributed by atoms with Crippen LogP contribution in [0.5, 0.6) is 17.2 Å². The maximum Gasteiger partial charge on any atom is 1.00 e. The van der Waals surface area contributed by atoms with E-state index < -0.39 is 40.1 Å². The number of carboxylic acid groups (broad SMARTS) is 1. The number of hydrogen-bond donors (Lipinski definition) is 2. The van der Waals surface area contributed by atoms with E-state index in [1.165, 1.54) is 44.2 Å². The van der Waals surface area contributed by atoms with Crippen LogP contribution in [0.4, 0.5) is 4.79 Å². The molecule has 0 saturated carbocycles. The Morgan fingerprint density at radius 3 is 2.25 bits per heavy atom. The minimum atomic E-state index is -1.30. The Hall–Kier alpha value is -2.08. The van der Waals surface area contributed by atoms with Crippen molar-refractivity contribution in [1.82, 2.24) is 15.5 Å². The number of carboxylic acids is 1. The summed E-state index contributed by atoms with van der Waals surface area (Å²) < 4.78 is 15.1. The molecule has 3 rings (SSSR count). The predicted molar refractivity (Wildman–Crippen MR) is 112 cm³/mol. The Bertz CT molecular complexity index is 915. The summed E-state index contributed by atoms with van der Waals surface area (Å²) >= 11 is 1.32. The molecule has 2 N–H and O–H groups in total. The smallest absolute Gasteiger partial charge is 0.548 e. The first-order valence-electron chi connectivity index (χ1n) is 9.39. The van der Waals surface area contributed by atoms with Crippen molar-refractivity contribution in [3.8, 4) is 17.2 Å². The average molecular weight is 473 g/mol. The standard InChI is InChI=1S/C20H25N3O7S.Na/c1-20(2)15(18(25)26)23-16(24)13(17(23)31-20)22-19(27)21-7-6-10-8-11(28-3)14(30-5)12(9-10)29-4;/h6-9,13,15,17H,1-5H3,(H,25,26)(H2,21,22,27);/q;+1/p-1/b7-6+;/t13?,15-,17?;/m0./s1. The first-order valence-corrected chi connectivity index (χ1v) is 10.3. The second-order valence-corrected chi connectivity index (χ2v) is 9.24. The molecule has 1 aromatic rings. The van der Waals surface area contributed by atoms with Gasteiger partial charge in [-0.05, 0) is 37.6 Å². The van der Waals surface area contributed by atoms with E-state index in [0.29, 0.717) is 22.8 Å². The molecule has 2 aliphatic rings. The van der Waals surface area contributed by atoms with Gasteiger partial charge in [-0.2, -0.15) is 0 Å². The van der Waals surface area contributed by atoms with Crippen LogP contribution in [0.25, 0.3) is 6.08 Å². The van der Waals surface area contributed by atoms with Crippen LogP contribution >= 0.6 is 11.8 Å². The number of methoxy groups -OCH3 is 3. The van der Waals surface area contributed by atoms with E-state index in [1.807, 2.05) is 0 Å². The number of rotatable bonds is 7. The van der Waals surface area contributed by atoms with E-state index in [4.69, 9.17) is 14.2 Å². The van der Waals surface area contributed by atoms with Gasteiger partial charge in [-0.3, -0.25) is 4.79 Å². The van der Waals surface area contributed by atoms with E-state index in [9.17, 15) is 19.5 Å². The normalized spacial score (nSPS) is 23.0. The summed E-state index contributed by atoms with van der Waals surface area (Å²) in [5.41, 5.74) is 0.686. The Morgan fingerprint density at radius 2 is 1.75 bits per heavy atom. The Labute approximate surface area is 212 Å². The quantitative estimate of drug-likeness (QED) is 0.320. The summed E-state index contributed by atoms with van der Waals surface area (Å²) in [6.07, 6.45) is 3.03. The molecular weight excluding hydrogens is 449 g/mol. The molecule has 0 radical (unpaired) electrons. The van der Waals surface area contributed by atoms with Crippen molar-refractivity contribution in [2.24, 2.45) is 0 Å². The molecule has 168 valence electrons. The number of fused-ring (bicyclic) bond motifs is 1. The van der Waals surface area contributed by atoms with Crippen LogP contribution in [0, 0.1) is 0 Å².